The van der Waals surface area contributed by atoms with Crippen molar-refractivity contribution in [2.45, 2.75) is 11.5 Å². The molecule has 0 aromatic heterocycles. The van der Waals surface area contributed by atoms with Crippen molar-refractivity contribution in [2.24, 2.45) is 0 Å². The Morgan fingerprint density at radius 2 is 1.69 bits per heavy atom. The van der Waals surface area contributed by atoms with E-state index in [9.17, 15) is 13.2 Å². The highest BCUT2D eigenvalue weighted by Gasteiger charge is 2.26. The van der Waals surface area contributed by atoms with Gasteiger partial charge in [-0.05, 0) is 53.6 Å². The minimum absolute atomic E-state index is 0.162. The van der Waals surface area contributed by atoms with E-state index in [1.807, 2.05) is 42.5 Å². The predicted molar refractivity (Wildman–Crippen MR) is 133 cm³/mol. The molecular formula is C27H27NO6S. The molecule has 0 spiro atoms. The summed E-state index contributed by atoms with van der Waals surface area (Å²) in [7, 11) is -2.02. The number of carbonyl (C=O) groups is 1. The summed E-state index contributed by atoms with van der Waals surface area (Å²) < 4.78 is 43.5. The van der Waals surface area contributed by atoms with Crippen LogP contribution in [0.2, 0.25) is 0 Å². The number of nitrogens with zero attached hydrogens (tertiary/aromatic N) is 1. The smallest absolute Gasteiger partial charge is 0.243 e. The van der Waals surface area contributed by atoms with Crippen LogP contribution in [0.1, 0.15) is 21.5 Å². The fraction of sp³-hybridized carbons (Fsp3) is 0.222. The Bertz CT molecular complexity index is 1280. The zero-order valence-corrected chi connectivity index (χ0v) is 20.2. The van der Waals surface area contributed by atoms with Gasteiger partial charge in [-0.3, -0.25) is 4.79 Å². The van der Waals surface area contributed by atoms with E-state index in [1.54, 1.807) is 19.3 Å². The van der Waals surface area contributed by atoms with Crippen LogP contribution in [0.25, 0.3) is 6.08 Å². The molecule has 1 aliphatic rings. The fourth-order valence-electron chi connectivity index (χ4n) is 3.64. The Labute approximate surface area is 205 Å². The number of carbonyl (C=O) groups excluding carboxylic acids is 1. The number of hydrogen-bond donors (Lipinski definition) is 0. The molecule has 8 heteroatoms. The number of benzene rings is 3. The molecule has 35 heavy (non-hydrogen) atoms. The van der Waals surface area contributed by atoms with E-state index in [-0.39, 0.29) is 10.7 Å². The largest absolute Gasteiger partial charge is 0.493 e. The van der Waals surface area contributed by atoms with E-state index in [2.05, 4.69) is 0 Å². The van der Waals surface area contributed by atoms with Crippen LogP contribution < -0.4 is 9.47 Å². The average molecular weight is 494 g/mol. The normalized spacial score (nSPS) is 14.7. The van der Waals surface area contributed by atoms with Crippen LogP contribution in [-0.2, 0) is 21.4 Å². The van der Waals surface area contributed by atoms with Crippen LogP contribution in [0.5, 0.6) is 11.5 Å². The summed E-state index contributed by atoms with van der Waals surface area (Å²) in [4.78, 5) is 12.8. The van der Waals surface area contributed by atoms with Gasteiger partial charge in [0.25, 0.3) is 0 Å². The summed E-state index contributed by atoms with van der Waals surface area (Å²) in [6.45, 7) is 1.80. The minimum Gasteiger partial charge on any atom is -0.493 e. The van der Waals surface area contributed by atoms with Crippen LogP contribution in [0.3, 0.4) is 0 Å². The molecule has 4 rings (SSSR count). The second-order valence-corrected chi connectivity index (χ2v) is 9.86. The third-order valence-electron chi connectivity index (χ3n) is 5.60. The molecule has 0 N–H and O–H groups in total. The SMILES string of the molecule is COc1ccc(/C=C/C(=O)c2ccc(S(=O)(=O)N3CCOCC3)cc2)cc1OCc1ccccc1. The van der Waals surface area contributed by atoms with Gasteiger partial charge in [-0.1, -0.05) is 42.5 Å². The van der Waals surface area contributed by atoms with E-state index in [1.165, 1.54) is 34.6 Å². The van der Waals surface area contributed by atoms with E-state index >= 15 is 0 Å². The molecule has 0 radical (unpaired) electrons. The third kappa shape index (κ3) is 6.16. The number of hydrogen-bond acceptors (Lipinski definition) is 6. The quantitative estimate of drug-likeness (QED) is 0.328. The highest BCUT2D eigenvalue weighted by Crippen LogP contribution is 2.29. The van der Waals surface area contributed by atoms with Crippen LogP contribution >= 0.6 is 0 Å². The molecule has 182 valence electrons. The molecule has 0 unspecified atom stereocenters. The Kier molecular flexibility index (Phi) is 7.97. The van der Waals surface area contributed by atoms with Crippen LogP contribution in [0.4, 0.5) is 0 Å². The molecule has 1 saturated heterocycles. The Balaban J connectivity index is 1.44. The first-order valence-corrected chi connectivity index (χ1v) is 12.7. The number of morpholine rings is 1. The molecular weight excluding hydrogens is 466 g/mol. The predicted octanol–water partition coefficient (Wildman–Crippen LogP) is 4.19. The molecule has 0 saturated carbocycles. The van der Waals surface area contributed by atoms with Gasteiger partial charge >= 0.3 is 0 Å². The van der Waals surface area contributed by atoms with Gasteiger partial charge in [-0.25, -0.2) is 8.42 Å². The first-order valence-electron chi connectivity index (χ1n) is 11.2. The molecule has 7 nitrogen and oxygen atoms in total. The number of ether oxygens (including phenoxy) is 3. The average Bonchev–Trinajstić information content (AvgIpc) is 2.91. The van der Waals surface area contributed by atoms with Crippen molar-refractivity contribution in [1.29, 1.82) is 0 Å². The lowest BCUT2D eigenvalue weighted by molar-refractivity contribution is 0.0730. The van der Waals surface area contributed by atoms with Crippen LogP contribution in [0, 0.1) is 0 Å². The lowest BCUT2D eigenvalue weighted by atomic mass is 10.1. The summed E-state index contributed by atoms with van der Waals surface area (Å²) in [5.74, 6) is 0.938. The highest BCUT2D eigenvalue weighted by molar-refractivity contribution is 7.89. The zero-order valence-electron chi connectivity index (χ0n) is 19.4. The van der Waals surface area contributed by atoms with Gasteiger partial charge in [0.2, 0.25) is 10.0 Å². The molecule has 1 fully saturated rings. The second-order valence-electron chi connectivity index (χ2n) is 7.92. The van der Waals surface area contributed by atoms with E-state index < -0.39 is 10.0 Å². The fourth-order valence-corrected chi connectivity index (χ4v) is 5.05. The van der Waals surface area contributed by atoms with Crippen molar-refractivity contribution in [1.82, 2.24) is 4.31 Å². The van der Waals surface area contributed by atoms with Gasteiger partial charge < -0.3 is 14.2 Å². The van der Waals surface area contributed by atoms with Crippen molar-refractivity contribution in [3.63, 3.8) is 0 Å². The Morgan fingerprint density at radius 3 is 2.37 bits per heavy atom. The summed E-state index contributed by atoms with van der Waals surface area (Å²) in [5.41, 5.74) is 2.20. The van der Waals surface area contributed by atoms with Crippen molar-refractivity contribution >= 4 is 21.9 Å². The topological polar surface area (TPSA) is 82.1 Å². The summed E-state index contributed by atoms with van der Waals surface area (Å²) in [5, 5.41) is 0. The maximum Gasteiger partial charge on any atom is 0.243 e. The number of methoxy groups -OCH3 is 1. The molecule has 0 aliphatic carbocycles. The van der Waals surface area contributed by atoms with Crippen molar-refractivity contribution in [3.8, 4) is 11.5 Å². The lowest BCUT2D eigenvalue weighted by Gasteiger charge is -2.26. The van der Waals surface area contributed by atoms with Crippen molar-refractivity contribution in [3.05, 3.63) is 95.6 Å². The molecule has 3 aromatic carbocycles. The van der Waals surface area contributed by atoms with E-state index in [0.717, 1.165) is 11.1 Å². The molecule has 1 heterocycles. The summed E-state index contributed by atoms with van der Waals surface area (Å²) in [6, 6.07) is 21.2. The van der Waals surface area contributed by atoms with E-state index in [0.29, 0.717) is 50.0 Å². The Morgan fingerprint density at radius 1 is 0.971 bits per heavy atom. The molecule has 1 aliphatic heterocycles. The highest BCUT2D eigenvalue weighted by atomic mass is 32.2. The van der Waals surface area contributed by atoms with Gasteiger partial charge in [-0.15, -0.1) is 0 Å². The second kappa shape index (κ2) is 11.3. The molecule has 0 atom stereocenters. The minimum atomic E-state index is -3.60. The standard InChI is InChI=1S/C27H27NO6S/c1-32-26-14-8-21(19-27(26)34-20-22-5-3-2-4-6-22)7-13-25(29)23-9-11-24(12-10-23)35(30,31)28-15-17-33-18-16-28/h2-14,19H,15-18,20H2,1H3/b13-7+. The first-order chi connectivity index (χ1) is 17.0. The number of sulfonamides is 1. The maximum absolute atomic E-state index is 12.8. The Hall–Kier alpha value is -3.46. The lowest BCUT2D eigenvalue weighted by Crippen LogP contribution is -2.40. The van der Waals surface area contributed by atoms with Gasteiger partial charge in [0, 0.05) is 18.7 Å². The molecule has 0 amide bonds. The van der Waals surface area contributed by atoms with Crippen molar-refractivity contribution in [2.75, 3.05) is 33.4 Å². The number of rotatable bonds is 9. The summed E-state index contributed by atoms with van der Waals surface area (Å²) in [6.07, 6.45) is 3.14. The third-order valence-corrected chi connectivity index (χ3v) is 7.51. The van der Waals surface area contributed by atoms with Gasteiger partial charge in [0.15, 0.2) is 17.3 Å². The van der Waals surface area contributed by atoms with Crippen molar-refractivity contribution < 1.29 is 27.4 Å². The zero-order chi connectivity index (χ0) is 24.7. The first kappa shape index (κ1) is 24.7. The maximum atomic E-state index is 12.8. The molecule has 0 bridgehead atoms. The van der Waals surface area contributed by atoms with Crippen LogP contribution in [-0.4, -0.2) is 51.9 Å². The van der Waals surface area contributed by atoms with Gasteiger partial charge in [-0.2, -0.15) is 4.31 Å². The molecule has 3 aromatic rings. The van der Waals surface area contributed by atoms with Gasteiger partial charge in [0.1, 0.15) is 6.61 Å². The number of allylic oxidation sites excluding steroid dienone is 1. The number of ketones is 1. The van der Waals surface area contributed by atoms with Crippen LogP contribution in [0.15, 0.2) is 83.8 Å². The monoisotopic (exact) mass is 493 g/mol. The summed E-state index contributed by atoms with van der Waals surface area (Å²) >= 11 is 0. The van der Waals surface area contributed by atoms with E-state index in [4.69, 9.17) is 14.2 Å². The van der Waals surface area contributed by atoms with Gasteiger partial charge in [0.05, 0.1) is 25.2 Å².